The van der Waals surface area contributed by atoms with E-state index in [0.29, 0.717) is 18.1 Å². The van der Waals surface area contributed by atoms with Gasteiger partial charge in [0.15, 0.2) is 5.96 Å². The lowest BCUT2D eigenvalue weighted by molar-refractivity contribution is 0.0174. The third-order valence-corrected chi connectivity index (χ3v) is 6.47. The number of piperazine rings is 3. The van der Waals surface area contributed by atoms with E-state index in [1.165, 1.54) is 44.7 Å². The third-order valence-electron chi connectivity index (χ3n) is 6.47. The molecule has 5 rings (SSSR count). The molecule has 154 valence electrons. The van der Waals surface area contributed by atoms with Crippen LogP contribution in [0.3, 0.4) is 0 Å². The maximum absolute atomic E-state index is 4.96. The number of rotatable bonds is 6. The number of benzene rings is 1. The predicted octanol–water partition coefficient (Wildman–Crippen LogP) is 1.20. The fourth-order valence-electron chi connectivity index (χ4n) is 4.85. The molecular weight excluding hydrogens is 348 g/mol. The number of hydrogen-bond acceptors (Lipinski definition) is 4. The van der Waals surface area contributed by atoms with Crippen molar-refractivity contribution in [3.05, 3.63) is 35.9 Å². The first-order chi connectivity index (χ1) is 13.7. The average Bonchev–Trinajstić information content (AvgIpc) is 3.07. The topological polar surface area (TPSA) is 46.1 Å². The lowest BCUT2D eigenvalue weighted by Crippen LogP contribution is -2.62. The molecule has 0 aliphatic carbocycles. The van der Waals surface area contributed by atoms with Crippen LogP contribution in [0.15, 0.2) is 35.3 Å². The van der Waals surface area contributed by atoms with Gasteiger partial charge in [0.2, 0.25) is 0 Å². The fourth-order valence-corrected chi connectivity index (χ4v) is 4.85. The molecule has 2 bridgehead atoms. The van der Waals surface area contributed by atoms with Gasteiger partial charge in [0, 0.05) is 70.5 Å². The van der Waals surface area contributed by atoms with Gasteiger partial charge in [0.25, 0.3) is 0 Å². The minimum atomic E-state index is 0.461. The second kappa shape index (κ2) is 9.25. The van der Waals surface area contributed by atoms with Crippen molar-refractivity contribution in [2.24, 2.45) is 4.99 Å². The molecule has 4 saturated heterocycles. The number of likely N-dealkylation sites (tertiary alicyclic amines) is 1. The van der Waals surface area contributed by atoms with Crippen LogP contribution in [-0.2, 0) is 6.54 Å². The van der Waals surface area contributed by atoms with Gasteiger partial charge in [-0.2, -0.15) is 0 Å². The molecule has 3 atom stereocenters. The van der Waals surface area contributed by atoms with Crippen molar-refractivity contribution in [2.75, 3.05) is 52.4 Å². The predicted molar refractivity (Wildman–Crippen MR) is 116 cm³/mol. The molecule has 6 nitrogen and oxygen atoms in total. The van der Waals surface area contributed by atoms with Crippen LogP contribution < -0.4 is 10.6 Å². The van der Waals surface area contributed by atoms with Crippen LogP contribution in [0, 0.1) is 0 Å². The third kappa shape index (κ3) is 4.85. The fraction of sp³-hybridized carbons (Fsp3) is 0.682. The zero-order chi connectivity index (χ0) is 19.3. The summed E-state index contributed by atoms with van der Waals surface area (Å²) < 4.78 is 0. The van der Waals surface area contributed by atoms with Gasteiger partial charge in [-0.3, -0.25) is 19.7 Å². The Balaban J connectivity index is 1.31. The van der Waals surface area contributed by atoms with Crippen LogP contribution >= 0.6 is 0 Å². The standard InChI is InChI=1S/C22H36N6/c1-3-23-22(24-14-21-17-26-9-11-27(21)12-10-26)25-20-13-18(2)28(16-20)15-19-7-5-4-6-8-19/h4-8,18,20-21H,3,9-17H2,1-2H3,(H2,23,24,25). The van der Waals surface area contributed by atoms with Gasteiger partial charge >= 0.3 is 0 Å². The zero-order valence-electron chi connectivity index (χ0n) is 17.5. The second-order valence-electron chi connectivity index (χ2n) is 8.55. The van der Waals surface area contributed by atoms with Crippen molar-refractivity contribution in [1.82, 2.24) is 25.3 Å². The van der Waals surface area contributed by atoms with Crippen molar-refractivity contribution < 1.29 is 0 Å². The molecule has 0 saturated carbocycles. The molecule has 1 aromatic carbocycles. The first kappa shape index (κ1) is 19.7. The Morgan fingerprint density at radius 3 is 2.57 bits per heavy atom. The van der Waals surface area contributed by atoms with E-state index >= 15 is 0 Å². The maximum Gasteiger partial charge on any atom is 0.191 e. The largest absolute Gasteiger partial charge is 0.357 e. The van der Waals surface area contributed by atoms with E-state index in [4.69, 9.17) is 4.99 Å². The summed E-state index contributed by atoms with van der Waals surface area (Å²) in [5.41, 5.74) is 1.40. The molecule has 3 unspecified atom stereocenters. The van der Waals surface area contributed by atoms with E-state index in [1.807, 2.05) is 0 Å². The molecule has 4 heterocycles. The van der Waals surface area contributed by atoms with Crippen LogP contribution in [-0.4, -0.2) is 91.1 Å². The number of fused-ring (bicyclic) bond motifs is 3. The van der Waals surface area contributed by atoms with Crippen molar-refractivity contribution in [3.8, 4) is 0 Å². The monoisotopic (exact) mass is 384 g/mol. The smallest absolute Gasteiger partial charge is 0.191 e. The molecule has 0 spiro atoms. The Kier molecular flexibility index (Phi) is 6.50. The van der Waals surface area contributed by atoms with Crippen LogP contribution in [0.2, 0.25) is 0 Å². The minimum Gasteiger partial charge on any atom is -0.357 e. The molecule has 4 fully saturated rings. The van der Waals surface area contributed by atoms with Crippen LogP contribution in [0.25, 0.3) is 0 Å². The van der Waals surface area contributed by atoms with Crippen LogP contribution in [0.4, 0.5) is 0 Å². The van der Waals surface area contributed by atoms with Crippen molar-refractivity contribution >= 4 is 5.96 Å². The normalized spacial score (nSPS) is 33.2. The number of hydrogen-bond donors (Lipinski definition) is 2. The molecule has 0 radical (unpaired) electrons. The Morgan fingerprint density at radius 1 is 1.11 bits per heavy atom. The van der Waals surface area contributed by atoms with Gasteiger partial charge < -0.3 is 10.6 Å². The highest BCUT2D eigenvalue weighted by Gasteiger charge is 2.32. The summed E-state index contributed by atoms with van der Waals surface area (Å²) in [5, 5.41) is 7.17. The van der Waals surface area contributed by atoms with E-state index in [1.54, 1.807) is 0 Å². The molecule has 4 aliphatic heterocycles. The van der Waals surface area contributed by atoms with Crippen LogP contribution in [0.5, 0.6) is 0 Å². The molecule has 6 heteroatoms. The van der Waals surface area contributed by atoms with E-state index in [-0.39, 0.29) is 0 Å². The Labute approximate surface area is 170 Å². The first-order valence-corrected chi connectivity index (χ1v) is 11.0. The molecular formula is C22H36N6. The highest BCUT2D eigenvalue weighted by Crippen LogP contribution is 2.20. The lowest BCUT2D eigenvalue weighted by Gasteiger charge is -2.47. The average molecular weight is 385 g/mol. The summed E-state index contributed by atoms with van der Waals surface area (Å²) in [6, 6.07) is 12.4. The van der Waals surface area contributed by atoms with Gasteiger partial charge in [0.05, 0.1) is 6.54 Å². The van der Waals surface area contributed by atoms with E-state index in [0.717, 1.165) is 32.1 Å². The van der Waals surface area contributed by atoms with Gasteiger partial charge in [0.1, 0.15) is 0 Å². The summed E-state index contributed by atoms with van der Waals surface area (Å²) in [6.07, 6.45) is 1.17. The number of nitrogens with one attached hydrogen (secondary N) is 2. The summed E-state index contributed by atoms with van der Waals surface area (Å²) in [6.45, 7) is 14.4. The Morgan fingerprint density at radius 2 is 1.89 bits per heavy atom. The first-order valence-electron chi connectivity index (χ1n) is 11.0. The maximum atomic E-state index is 4.96. The van der Waals surface area contributed by atoms with Crippen molar-refractivity contribution in [3.63, 3.8) is 0 Å². The van der Waals surface area contributed by atoms with Crippen molar-refractivity contribution in [1.29, 1.82) is 0 Å². The number of nitrogens with zero attached hydrogens (tertiary/aromatic N) is 4. The summed E-state index contributed by atoms with van der Waals surface area (Å²) >= 11 is 0. The Hall–Kier alpha value is -1.63. The zero-order valence-corrected chi connectivity index (χ0v) is 17.5. The molecule has 0 amide bonds. The van der Waals surface area contributed by atoms with E-state index in [9.17, 15) is 0 Å². The summed E-state index contributed by atoms with van der Waals surface area (Å²) in [4.78, 5) is 12.7. The van der Waals surface area contributed by atoms with E-state index in [2.05, 4.69) is 69.5 Å². The summed E-state index contributed by atoms with van der Waals surface area (Å²) in [7, 11) is 0. The number of aliphatic imine (C=N–C) groups is 1. The minimum absolute atomic E-state index is 0.461. The van der Waals surface area contributed by atoms with Crippen molar-refractivity contribution in [2.45, 2.75) is 44.9 Å². The molecule has 28 heavy (non-hydrogen) atoms. The highest BCUT2D eigenvalue weighted by molar-refractivity contribution is 5.80. The molecule has 1 aromatic rings. The van der Waals surface area contributed by atoms with Gasteiger partial charge in [-0.05, 0) is 25.8 Å². The van der Waals surface area contributed by atoms with Gasteiger partial charge in [-0.25, -0.2) is 0 Å². The quantitative estimate of drug-likeness (QED) is 0.570. The highest BCUT2D eigenvalue weighted by atomic mass is 15.4. The number of guanidine groups is 1. The van der Waals surface area contributed by atoms with E-state index < -0.39 is 0 Å². The second-order valence-corrected chi connectivity index (χ2v) is 8.55. The molecule has 2 N–H and O–H groups in total. The Bertz CT molecular complexity index is 640. The van der Waals surface area contributed by atoms with Gasteiger partial charge in [-0.15, -0.1) is 0 Å². The lowest BCUT2D eigenvalue weighted by atomic mass is 10.1. The van der Waals surface area contributed by atoms with Crippen LogP contribution in [0.1, 0.15) is 25.8 Å². The van der Waals surface area contributed by atoms with Gasteiger partial charge in [-0.1, -0.05) is 30.3 Å². The summed E-state index contributed by atoms with van der Waals surface area (Å²) in [5.74, 6) is 0.985. The molecule has 4 aliphatic rings. The molecule has 0 aromatic heterocycles. The SMILES string of the molecule is CCNC(=NCC1CN2CCN1CC2)NC1CC(C)N(Cc2ccccc2)C1.